The molecule has 3 amide bonds. The molecular weight excluding hydrogens is 360 g/mol. The molecule has 28 heavy (non-hydrogen) atoms. The Bertz CT molecular complexity index is 930. The number of piperazine rings is 1. The zero-order valence-electron chi connectivity index (χ0n) is 15.2. The highest BCUT2D eigenvalue weighted by molar-refractivity contribution is 5.92. The van der Waals surface area contributed by atoms with Crippen molar-refractivity contribution in [2.45, 2.75) is 6.54 Å². The number of hydrogen-bond donors (Lipinski definition) is 1. The van der Waals surface area contributed by atoms with Crippen LogP contribution in [0.4, 0.5) is 10.6 Å². The minimum absolute atomic E-state index is 0.154. The van der Waals surface area contributed by atoms with Crippen molar-refractivity contribution < 1.29 is 14.0 Å². The van der Waals surface area contributed by atoms with Crippen molar-refractivity contribution in [3.8, 4) is 0 Å². The largest absolute Gasteiger partial charge is 0.459 e. The fraction of sp³-hybridized carbons (Fsp3) is 0.263. The van der Waals surface area contributed by atoms with Crippen molar-refractivity contribution in [3.63, 3.8) is 0 Å². The second-order valence-electron chi connectivity index (χ2n) is 6.41. The fourth-order valence-electron chi connectivity index (χ4n) is 3.03. The van der Waals surface area contributed by atoms with Crippen LogP contribution >= 0.6 is 0 Å². The summed E-state index contributed by atoms with van der Waals surface area (Å²) in [5.74, 6) is 0.643. The lowest BCUT2D eigenvalue weighted by Crippen LogP contribution is -2.51. The minimum Gasteiger partial charge on any atom is -0.459 e. The first-order chi connectivity index (χ1) is 13.7. The molecule has 1 N–H and O–H groups in total. The van der Waals surface area contributed by atoms with Crippen LogP contribution < -0.4 is 5.32 Å². The van der Waals surface area contributed by atoms with Gasteiger partial charge in [-0.15, -0.1) is 0 Å². The summed E-state index contributed by atoms with van der Waals surface area (Å²) >= 11 is 0. The van der Waals surface area contributed by atoms with Gasteiger partial charge in [-0.25, -0.2) is 4.79 Å². The average Bonchev–Trinajstić information content (AvgIpc) is 3.41. The summed E-state index contributed by atoms with van der Waals surface area (Å²) in [6.07, 6.45) is 5.01. The molecule has 0 unspecified atom stereocenters. The molecule has 4 rings (SSSR count). The number of rotatable bonds is 4. The van der Waals surface area contributed by atoms with Gasteiger partial charge < -0.3 is 14.2 Å². The highest BCUT2D eigenvalue weighted by atomic mass is 16.3. The van der Waals surface area contributed by atoms with Crippen LogP contribution in [0.2, 0.25) is 0 Å². The number of carbonyl (C=O) groups excluding carboxylic acids is 2. The molecule has 0 aromatic carbocycles. The molecule has 1 saturated heterocycles. The van der Waals surface area contributed by atoms with Gasteiger partial charge in [0.2, 0.25) is 0 Å². The van der Waals surface area contributed by atoms with Crippen LogP contribution in [-0.2, 0) is 6.54 Å². The predicted molar refractivity (Wildman–Crippen MR) is 101 cm³/mol. The number of aromatic nitrogens is 3. The lowest BCUT2D eigenvalue weighted by molar-refractivity contribution is 0.0640. The van der Waals surface area contributed by atoms with E-state index in [1.165, 1.54) is 6.26 Å². The second-order valence-corrected chi connectivity index (χ2v) is 6.41. The zero-order valence-corrected chi connectivity index (χ0v) is 15.2. The number of amides is 3. The molecule has 0 radical (unpaired) electrons. The van der Waals surface area contributed by atoms with Crippen molar-refractivity contribution in [1.82, 2.24) is 24.6 Å². The molecule has 0 bridgehead atoms. The van der Waals surface area contributed by atoms with Crippen LogP contribution in [0, 0.1) is 0 Å². The third-order valence-electron chi connectivity index (χ3n) is 4.51. The van der Waals surface area contributed by atoms with Gasteiger partial charge in [0.25, 0.3) is 5.91 Å². The van der Waals surface area contributed by atoms with Crippen LogP contribution in [0.5, 0.6) is 0 Å². The standard InChI is InChI=1S/C19H20N6O3/c26-18(16-5-3-13-28-16)23-9-11-24(12-10-23)19(27)21-17-6-8-25(22-17)14-15-4-1-2-7-20-15/h1-8,13H,9-12,14H2,(H,21,22,27). The molecular formula is C19H20N6O3. The molecule has 1 aliphatic heterocycles. The summed E-state index contributed by atoms with van der Waals surface area (Å²) in [6.45, 7) is 2.35. The molecule has 0 atom stereocenters. The Morgan fingerprint density at radius 2 is 1.86 bits per heavy atom. The first kappa shape index (κ1) is 17.8. The number of carbonyl (C=O) groups is 2. The van der Waals surface area contributed by atoms with E-state index in [0.29, 0.717) is 44.3 Å². The summed E-state index contributed by atoms with van der Waals surface area (Å²) in [5, 5.41) is 7.16. The van der Waals surface area contributed by atoms with E-state index in [0.717, 1.165) is 5.69 Å². The normalized spacial score (nSPS) is 14.1. The van der Waals surface area contributed by atoms with Gasteiger partial charge in [0.15, 0.2) is 11.6 Å². The van der Waals surface area contributed by atoms with E-state index in [9.17, 15) is 9.59 Å². The molecule has 0 aliphatic carbocycles. The molecule has 3 aromatic heterocycles. The SMILES string of the molecule is O=C(Nc1ccn(Cc2ccccn2)n1)N1CCN(C(=O)c2ccco2)CC1. The van der Waals surface area contributed by atoms with Crippen molar-refractivity contribution in [3.05, 3.63) is 66.5 Å². The molecule has 4 heterocycles. The van der Waals surface area contributed by atoms with E-state index < -0.39 is 0 Å². The molecule has 9 heteroatoms. The van der Waals surface area contributed by atoms with Gasteiger partial charge in [0.1, 0.15) is 0 Å². The van der Waals surface area contributed by atoms with E-state index in [1.54, 1.807) is 45.1 Å². The van der Waals surface area contributed by atoms with Gasteiger partial charge in [-0.05, 0) is 24.3 Å². The van der Waals surface area contributed by atoms with Crippen LogP contribution in [0.25, 0.3) is 0 Å². The first-order valence-corrected chi connectivity index (χ1v) is 9.01. The molecule has 144 valence electrons. The van der Waals surface area contributed by atoms with E-state index in [4.69, 9.17) is 4.42 Å². The summed E-state index contributed by atoms with van der Waals surface area (Å²) < 4.78 is 6.87. The van der Waals surface area contributed by atoms with E-state index in [2.05, 4.69) is 15.4 Å². The molecule has 1 fully saturated rings. The minimum atomic E-state index is -0.229. The number of anilines is 1. The maximum absolute atomic E-state index is 12.5. The Morgan fingerprint density at radius 1 is 1.04 bits per heavy atom. The Kier molecular flexibility index (Phi) is 5.05. The summed E-state index contributed by atoms with van der Waals surface area (Å²) in [5.41, 5.74) is 0.890. The molecule has 3 aromatic rings. The maximum Gasteiger partial charge on any atom is 0.323 e. The predicted octanol–water partition coefficient (Wildman–Crippen LogP) is 1.91. The number of hydrogen-bond acceptors (Lipinski definition) is 5. The maximum atomic E-state index is 12.5. The number of nitrogens with zero attached hydrogens (tertiary/aromatic N) is 5. The van der Waals surface area contributed by atoms with Crippen molar-refractivity contribution >= 4 is 17.8 Å². The lowest BCUT2D eigenvalue weighted by Gasteiger charge is -2.34. The van der Waals surface area contributed by atoms with E-state index in [1.807, 2.05) is 18.2 Å². The Labute approximate surface area is 161 Å². The quantitative estimate of drug-likeness (QED) is 0.746. The summed E-state index contributed by atoms with van der Waals surface area (Å²) in [6, 6.07) is 10.5. The van der Waals surface area contributed by atoms with Gasteiger partial charge in [-0.3, -0.25) is 19.8 Å². The van der Waals surface area contributed by atoms with Crippen LogP contribution in [0.15, 0.2) is 59.5 Å². The van der Waals surface area contributed by atoms with Gasteiger partial charge in [0.05, 0.1) is 18.5 Å². The third kappa shape index (κ3) is 4.03. The first-order valence-electron chi connectivity index (χ1n) is 9.01. The third-order valence-corrected chi connectivity index (χ3v) is 4.51. The molecule has 9 nitrogen and oxygen atoms in total. The van der Waals surface area contributed by atoms with Crippen molar-refractivity contribution in [1.29, 1.82) is 0 Å². The average molecular weight is 380 g/mol. The molecule has 0 saturated carbocycles. The smallest absolute Gasteiger partial charge is 0.323 e. The van der Waals surface area contributed by atoms with Gasteiger partial charge >= 0.3 is 6.03 Å². The van der Waals surface area contributed by atoms with Gasteiger partial charge in [0, 0.05) is 44.6 Å². The van der Waals surface area contributed by atoms with Crippen LogP contribution in [-0.4, -0.2) is 62.7 Å². The highest BCUT2D eigenvalue weighted by Crippen LogP contribution is 2.11. The number of furan rings is 1. The van der Waals surface area contributed by atoms with Crippen molar-refractivity contribution in [2.75, 3.05) is 31.5 Å². The van der Waals surface area contributed by atoms with E-state index >= 15 is 0 Å². The zero-order chi connectivity index (χ0) is 19.3. The topological polar surface area (TPSA) is 96.5 Å². The lowest BCUT2D eigenvalue weighted by atomic mass is 10.3. The van der Waals surface area contributed by atoms with Crippen molar-refractivity contribution in [2.24, 2.45) is 0 Å². The Balaban J connectivity index is 1.28. The van der Waals surface area contributed by atoms with Gasteiger partial charge in [-0.2, -0.15) is 5.10 Å². The number of urea groups is 1. The summed E-state index contributed by atoms with van der Waals surface area (Å²) in [4.78, 5) is 32.4. The molecule has 1 aliphatic rings. The Morgan fingerprint density at radius 3 is 2.57 bits per heavy atom. The molecule has 0 spiro atoms. The highest BCUT2D eigenvalue weighted by Gasteiger charge is 2.26. The summed E-state index contributed by atoms with van der Waals surface area (Å²) in [7, 11) is 0. The number of pyridine rings is 1. The van der Waals surface area contributed by atoms with Crippen LogP contribution in [0.1, 0.15) is 16.2 Å². The van der Waals surface area contributed by atoms with Crippen LogP contribution in [0.3, 0.4) is 0 Å². The van der Waals surface area contributed by atoms with E-state index in [-0.39, 0.29) is 11.9 Å². The number of nitrogens with one attached hydrogen (secondary N) is 1. The second kappa shape index (κ2) is 7.95. The van der Waals surface area contributed by atoms with Gasteiger partial charge in [-0.1, -0.05) is 6.07 Å². The fourth-order valence-corrected chi connectivity index (χ4v) is 3.03. The Hall–Kier alpha value is -3.62. The monoisotopic (exact) mass is 380 g/mol.